The van der Waals surface area contributed by atoms with Gasteiger partial charge in [0.2, 0.25) is 5.95 Å². The van der Waals surface area contributed by atoms with Gasteiger partial charge in [0.15, 0.2) is 5.82 Å². The fourth-order valence-corrected chi connectivity index (χ4v) is 6.54. The number of hydrogen-bond donors (Lipinski definition) is 2. The number of halogens is 2. The van der Waals surface area contributed by atoms with E-state index in [9.17, 15) is 18.4 Å². The number of methoxy groups -OCH3 is 1. The SMILES string of the molecule is COc1cc(C(=O)N[C@@H]2CN3CCC2CC3)ccc1Nc1ncc2c(n1)N(C1CCCC1)CC(F)(F)C(=O)N2C. The zero-order valence-electron chi connectivity index (χ0n) is 22.8. The minimum absolute atomic E-state index is 0.129. The molecule has 40 heavy (non-hydrogen) atoms. The number of piperidine rings is 3. The Kier molecular flexibility index (Phi) is 6.97. The molecule has 2 aromatic rings. The van der Waals surface area contributed by atoms with E-state index in [1.807, 2.05) is 0 Å². The molecule has 1 atom stereocenters. The summed E-state index contributed by atoms with van der Waals surface area (Å²) in [5.74, 6) is -3.55. The van der Waals surface area contributed by atoms with Crippen LogP contribution in [0.1, 0.15) is 48.9 Å². The molecular formula is C28H35F2N7O3. The van der Waals surface area contributed by atoms with Crippen molar-refractivity contribution in [2.75, 3.05) is 55.5 Å². The van der Waals surface area contributed by atoms with Crippen molar-refractivity contribution in [1.82, 2.24) is 20.2 Å². The first-order valence-electron chi connectivity index (χ1n) is 14.0. The number of rotatable bonds is 6. The lowest BCUT2D eigenvalue weighted by Crippen LogP contribution is -2.57. The van der Waals surface area contributed by atoms with Crippen molar-refractivity contribution in [3.8, 4) is 5.75 Å². The lowest BCUT2D eigenvalue weighted by atomic mass is 9.84. The zero-order valence-corrected chi connectivity index (χ0v) is 22.8. The van der Waals surface area contributed by atoms with Crippen molar-refractivity contribution >= 4 is 35.0 Å². The normalized spacial score (nSPS) is 25.9. The van der Waals surface area contributed by atoms with Gasteiger partial charge in [-0.2, -0.15) is 13.8 Å². The Bertz CT molecular complexity index is 1290. The van der Waals surface area contributed by atoms with E-state index >= 15 is 0 Å². The molecule has 4 aliphatic heterocycles. The number of aromatic nitrogens is 2. The number of amides is 2. The third-order valence-electron chi connectivity index (χ3n) is 8.82. The van der Waals surface area contributed by atoms with Gasteiger partial charge in [-0.15, -0.1) is 0 Å². The molecule has 5 heterocycles. The van der Waals surface area contributed by atoms with Crippen LogP contribution in [0, 0.1) is 5.92 Å². The van der Waals surface area contributed by atoms with Crippen molar-refractivity contribution in [2.24, 2.45) is 5.92 Å². The minimum atomic E-state index is -3.54. The predicted octanol–water partition coefficient (Wildman–Crippen LogP) is 3.41. The first kappa shape index (κ1) is 26.7. The quantitative estimate of drug-likeness (QED) is 0.559. The van der Waals surface area contributed by atoms with Crippen LogP contribution in [0.5, 0.6) is 5.75 Å². The average molecular weight is 556 g/mol. The van der Waals surface area contributed by atoms with E-state index in [1.165, 1.54) is 20.4 Å². The maximum atomic E-state index is 14.9. The van der Waals surface area contributed by atoms with Gasteiger partial charge < -0.3 is 30.1 Å². The molecule has 0 spiro atoms. The molecule has 5 aliphatic rings. The highest BCUT2D eigenvalue weighted by atomic mass is 19.3. The van der Waals surface area contributed by atoms with Gasteiger partial charge in [0.05, 0.1) is 25.5 Å². The number of hydrogen-bond acceptors (Lipinski definition) is 8. The van der Waals surface area contributed by atoms with E-state index in [1.54, 1.807) is 23.1 Å². The van der Waals surface area contributed by atoms with Crippen LogP contribution in [0.3, 0.4) is 0 Å². The van der Waals surface area contributed by atoms with Gasteiger partial charge in [-0.1, -0.05) is 12.8 Å². The van der Waals surface area contributed by atoms with Crippen LogP contribution in [-0.2, 0) is 4.79 Å². The van der Waals surface area contributed by atoms with Gasteiger partial charge in [0.25, 0.3) is 11.8 Å². The molecule has 2 bridgehead atoms. The van der Waals surface area contributed by atoms with E-state index in [4.69, 9.17) is 4.74 Å². The Morgan fingerprint density at radius 1 is 1.15 bits per heavy atom. The van der Waals surface area contributed by atoms with Gasteiger partial charge in [0.1, 0.15) is 11.4 Å². The molecule has 0 unspecified atom stereocenters. The van der Waals surface area contributed by atoms with Crippen molar-refractivity contribution < 1.29 is 23.1 Å². The number of alkyl halides is 2. The maximum Gasteiger partial charge on any atom is 0.342 e. The fourth-order valence-electron chi connectivity index (χ4n) is 6.54. The standard InChI is InChI=1S/C28H35F2N7O3/c1-35-22-14-31-27(34-24(22)37(19-5-3-4-6-19)16-28(29,30)26(35)39)33-20-8-7-18(13-23(20)40-2)25(38)32-21-15-36-11-9-17(21)10-12-36/h7-8,13-14,17,19,21H,3-6,9-12,15-16H2,1-2H3,(H,32,38)(H,31,33,34)/t21-/m1/s1. The van der Waals surface area contributed by atoms with Crippen molar-refractivity contribution in [3.63, 3.8) is 0 Å². The molecule has 2 N–H and O–H groups in total. The Hall–Kier alpha value is -3.54. The van der Waals surface area contributed by atoms with Crippen LogP contribution in [0.2, 0.25) is 0 Å². The van der Waals surface area contributed by atoms with Crippen molar-refractivity contribution in [3.05, 3.63) is 30.0 Å². The second-order valence-corrected chi connectivity index (χ2v) is 11.3. The summed E-state index contributed by atoms with van der Waals surface area (Å²) in [4.78, 5) is 39.4. The smallest absolute Gasteiger partial charge is 0.342 e. The van der Waals surface area contributed by atoms with Crippen LogP contribution in [-0.4, -0.2) is 85.0 Å². The Labute approximate surface area is 232 Å². The summed E-state index contributed by atoms with van der Waals surface area (Å²) in [5.41, 5.74) is 1.25. The Morgan fingerprint density at radius 3 is 2.58 bits per heavy atom. The second-order valence-electron chi connectivity index (χ2n) is 11.3. The number of fused-ring (bicyclic) bond motifs is 4. The highest BCUT2D eigenvalue weighted by molar-refractivity contribution is 6.02. The van der Waals surface area contributed by atoms with Gasteiger partial charge in [0, 0.05) is 31.2 Å². The first-order chi connectivity index (χ1) is 19.2. The summed E-state index contributed by atoms with van der Waals surface area (Å²) < 4.78 is 35.3. The number of ether oxygens (including phenoxy) is 1. The molecule has 0 radical (unpaired) electrons. The molecule has 12 heteroatoms. The fraction of sp³-hybridized carbons (Fsp3) is 0.571. The van der Waals surface area contributed by atoms with E-state index in [0.717, 1.165) is 63.1 Å². The molecule has 1 aromatic heterocycles. The maximum absolute atomic E-state index is 14.9. The van der Waals surface area contributed by atoms with Crippen LogP contribution in [0.25, 0.3) is 0 Å². The number of anilines is 4. The number of carbonyl (C=O) groups is 2. The lowest BCUT2D eigenvalue weighted by molar-refractivity contribution is -0.140. The highest BCUT2D eigenvalue weighted by Crippen LogP contribution is 2.40. The van der Waals surface area contributed by atoms with Gasteiger partial charge in [-0.05, 0) is 62.9 Å². The summed E-state index contributed by atoms with van der Waals surface area (Å²) in [6, 6.07) is 5.11. The third kappa shape index (κ3) is 4.93. The van der Waals surface area contributed by atoms with E-state index in [2.05, 4.69) is 25.5 Å². The largest absolute Gasteiger partial charge is 0.495 e. The van der Waals surface area contributed by atoms with Gasteiger partial charge in [-0.3, -0.25) is 9.59 Å². The molecule has 10 nitrogen and oxygen atoms in total. The molecule has 7 rings (SSSR count). The van der Waals surface area contributed by atoms with Gasteiger partial charge in [-0.25, -0.2) is 4.98 Å². The Balaban J connectivity index is 1.24. The second kappa shape index (κ2) is 10.5. The molecule has 2 amide bonds. The average Bonchev–Trinajstić information content (AvgIpc) is 3.49. The van der Waals surface area contributed by atoms with Crippen LogP contribution in [0.15, 0.2) is 24.4 Å². The number of benzene rings is 1. The summed E-state index contributed by atoms with van der Waals surface area (Å²) in [7, 11) is 2.84. The highest BCUT2D eigenvalue weighted by Gasteiger charge is 2.48. The van der Waals surface area contributed by atoms with E-state index < -0.39 is 18.4 Å². The Morgan fingerprint density at radius 2 is 1.90 bits per heavy atom. The molecule has 1 aliphatic carbocycles. The zero-order chi connectivity index (χ0) is 28.0. The molecule has 1 saturated carbocycles. The molecule has 1 aromatic carbocycles. The number of nitrogens with zero attached hydrogens (tertiary/aromatic N) is 5. The van der Waals surface area contributed by atoms with Crippen molar-refractivity contribution in [1.29, 1.82) is 0 Å². The molecule has 3 saturated heterocycles. The molecular weight excluding hydrogens is 520 g/mol. The monoisotopic (exact) mass is 555 g/mol. The minimum Gasteiger partial charge on any atom is -0.495 e. The first-order valence-corrected chi connectivity index (χ1v) is 14.0. The number of nitrogens with one attached hydrogen (secondary N) is 2. The summed E-state index contributed by atoms with van der Waals surface area (Å²) in [6.07, 6.45) is 7.02. The molecule has 4 fully saturated rings. The van der Waals surface area contributed by atoms with Crippen LogP contribution < -0.4 is 25.2 Å². The summed E-state index contributed by atoms with van der Waals surface area (Å²) in [6.45, 7) is 2.36. The summed E-state index contributed by atoms with van der Waals surface area (Å²) in [5, 5.41) is 6.31. The lowest BCUT2D eigenvalue weighted by Gasteiger charge is -2.44. The molecule has 214 valence electrons. The predicted molar refractivity (Wildman–Crippen MR) is 147 cm³/mol. The van der Waals surface area contributed by atoms with E-state index in [0.29, 0.717) is 28.7 Å². The topological polar surface area (TPSA) is 103 Å². The summed E-state index contributed by atoms with van der Waals surface area (Å²) >= 11 is 0. The van der Waals surface area contributed by atoms with Crippen LogP contribution >= 0.6 is 0 Å². The van der Waals surface area contributed by atoms with Crippen LogP contribution in [0.4, 0.5) is 31.9 Å². The van der Waals surface area contributed by atoms with E-state index in [-0.39, 0.29) is 29.6 Å². The van der Waals surface area contributed by atoms with Gasteiger partial charge >= 0.3 is 5.92 Å². The third-order valence-corrected chi connectivity index (χ3v) is 8.82. The number of carbonyl (C=O) groups excluding carboxylic acids is 2. The van der Waals surface area contributed by atoms with Crippen molar-refractivity contribution in [2.45, 2.75) is 56.5 Å².